The van der Waals surface area contributed by atoms with Gasteiger partial charge in [-0.05, 0) is 55.4 Å². The molecule has 2 atom stereocenters. The summed E-state index contributed by atoms with van der Waals surface area (Å²) >= 11 is 0. The lowest BCUT2D eigenvalue weighted by Gasteiger charge is -2.56. The molecule has 0 N–H and O–H groups in total. The van der Waals surface area contributed by atoms with Gasteiger partial charge in [-0.25, -0.2) is 12.7 Å². The Hall–Kier alpha value is -0.880. The third-order valence-corrected chi connectivity index (χ3v) is 8.39. The Balaban J connectivity index is 1.48. The number of hydrogen-bond acceptors (Lipinski definition) is 4. The van der Waals surface area contributed by atoms with E-state index in [9.17, 15) is 13.2 Å². The Bertz CT molecular complexity index is 629. The van der Waals surface area contributed by atoms with Crippen molar-refractivity contribution in [1.29, 1.82) is 0 Å². The van der Waals surface area contributed by atoms with Crippen molar-refractivity contribution in [3.05, 3.63) is 11.6 Å². The molecular weight excluding hydrogens is 326 g/mol. The fourth-order valence-electron chi connectivity index (χ4n) is 4.47. The third kappa shape index (κ3) is 3.15. The highest BCUT2D eigenvalue weighted by Crippen LogP contribution is 2.59. The van der Waals surface area contributed by atoms with Gasteiger partial charge in [0.05, 0.1) is 11.7 Å². The molecule has 1 saturated carbocycles. The largest absolute Gasteiger partial charge is 0.461 e. The zero-order valence-corrected chi connectivity index (χ0v) is 15.8. The second kappa shape index (κ2) is 6.45. The number of hydrogen-bond donors (Lipinski definition) is 0. The fourth-order valence-corrected chi connectivity index (χ4v) is 5.60. The fraction of sp³-hybridized carbons (Fsp3) is 0.833. The SMILES string of the molecule is CCS(=O)(=O)N1CCC(C(=O)OCC2=CC[C@@H]3C[C@H]2C3(C)C)CC1. The molecule has 0 aromatic carbocycles. The van der Waals surface area contributed by atoms with Crippen molar-refractivity contribution in [1.82, 2.24) is 4.31 Å². The van der Waals surface area contributed by atoms with Gasteiger partial charge in [0.1, 0.15) is 6.61 Å². The van der Waals surface area contributed by atoms with Gasteiger partial charge in [-0.1, -0.05) is 19.9 Å². The molecular formula is C18H29NO4S. The summed E-state index contributed by atoms with van der Waals surface area (Å²) < 4.78 is 30.8. The molecule has 4 rings (SSSR count). The van der Waals surface area contributed by atoms with Gasteiger partial charge in [0.2, 0.25) is 10.0 Å². The van der Waals surface area contributed by atoms with E-state index in [1.165, 1.54) is 16.3 Å². The van der Waals surface area contributed by atoms with Crippen molar-refractivity contribution in [2.75, 3.05) is 25.4 Å². The predicted molar refractivity (Wildman–Crippen MR) is 92.8 cm³/mol. The predicted octanol–water partition coefficient (Wildman–Crippen LogP) is 2.58. The topological polar surface area (TPSA) is 63.7 Å². The van der Waals surface area contributed by atoms with Crippen LogP contribution in [0.15, 0.2) is 11.6 Å². The summed E-state index contributed by atoms with van der Waals surface area (Å²) in [5.74, 6) is 1.13. The second-order valence-electron chi connectivity index (χ2n) is 8.00. The van der Waals surface area contributed by atoms with Gasteiger partial charge in [0.25, 0.3) is 0 Å². The lowest BCUT2D eigenvalue weighted by Crippen LogP contribution is -2.49. The molecule has 2 fully saturated rings. The number of nitrogens with zero attached hydrogens (tertiary/aromatic N) is 1. The maximum atomic E-state index is 12.3. The quantitative estimate of drug-likeness (QED) is 0.562. The molecule has 0 radical (unpaired) electrons. The number of rotatable bonds is 5. The highest BCUT2D eigenvalue weighted by molar-refractivity contribution is 7.89. The van der Waals surface area contributed by atoms with E-state index in [0.717, 1.165) is 12.3 Å². The molecule has 0 unspecified atom stereocenters. The van der Waals surface area contributed by atoms with Gasteiger partial charge >= 0.3 is 5.97 Å². The molecule has 6 heteroatoms. The molecule has 1 saturated heterocycles. The van der Waals surface area contributed by atoms with E-state index in [4.69, 9.17) is 4.74 Å². The zero-order valence-electron chi connectivity index (χ0n) is 15.0. The van der Waals surface area contributed by atoms with Crippen LogP contribution >= 0.6 is 0 Å². The summed E-state index contributed by atoms with van der Waals surface area (Å²) in [7, 11) is -3.14. The van der Waals surface area contributed by atoms with Crippen molar-refractivity contribution in [3.8, 4) is 0 Å². The lowest BCUT2D eigenvalue weighted by molar-refractivity contribution is -0.149. The minimum Gasteiger partial charge on any atom is -0.461 e. The Morgan fingerprint density at radius 2 is 2.00 bits per heavy atom. The minimum atomic E-state index is -3.14. The zero-order chi connectivity index (χ0) is 17.5. The highest BCUT2D eigenvalue weighted by Gasteiger charge is 2.51. The Morgan fingerprint density at radius 3 is 2.54 bits per heavy atom. The van der Waals surface area contributed by atoms with Gasteiger partial charge < -0.3 is 4.74 Å². The van der Waals surface area contributed by atoms with Crippen molar-refractivity contribution in [2.45, 2.75) is 46.5 Å². The molecule has 24 heavy (non-hydrogen) atoms. The number of allylic oxidation sites excluding steroid dienone is 1. The van der Waals surface area contributed by atoms with Gasteiger partial charge in [-0.15, -0.1) is 0 Å². The Kier molecular flexibility index (Phi) is 4.82. The van der Waals surface area contributed by atoms with E-state index in [0.29, 0.717) is 43.9 Å². The van der Waals surface area contributed by atoms with E-state index >= 15 is 0 Å². The molecule has 3 aliphatic carbocycles. The van der Waals surface area contributed by atoms with Crippen molar-refractivity contribution < 1.29 is 17.9 Å². The summed E-state index contributed by atoms with van der Waals surface area (Å²) in [5.41, 5.74) is 1.62. The maximum absolute atomic E-state index is 12.3. The van der Waals surface area contributed by atoms with Crippen LogP contribution < -0.4 is 0 Å². The van der Waals surface area contributed by atoms with Crippen LogP contribution in [0.2, 0.25) is 0 Å². The monoisotopic (exact) mass is 355 g/mol. The first-order valence-electron chi connectivity index (χ1n) is 9.09. The number of carbonyl (C=O) groups is 1. The van der Waals surface area contributed by atoms with Crippen LogP contribution in [0.1, 0.15) is 46.5 Å². The molecule has 1 aliphatic heterocycles. The normalized spacial score (nSPS) is 30.4. The molecule has 0 spiro atoms. The van der Waals surface area contributed by atoms with E-state index in [1.807, 2.05) is 0 Å². The molecule has 0 aromatic heterocycles. The first kappa shape index (κ1) is 17.9. The van der Waals surface area contributed by atoms with Crippen LogP contribution in [-0.4, -0.2) is 44.1 Å². The van der Waals surface area contributed by atoms with Crippen molar-refractivity contribution in [3.63, 3.8) is 0 Å². The summed E-state index contributed by atoms with van der Waals surface area (Å²) in [5, 5.41) is 0. The number of sulfonamides is 1. The van der Waals surface area contributed by atoms with E-state index in [2.05, 4.69) is 19.9 Å². The number of esters is 1. The van der Waals surface area contributed by atoms with Crippen LogP contribution in [0.4, 0.5) is 0 Å². The lowest BCUT2D eigenvalue weighted by atomic mass is 9.49. The summed E-state index contributed by atoms with van der Waals surface area (Å²) in [6.07, 6.45) is 5.71. The molecule has 2 bridgehead atoms. The van der Waals surface area contributed by atoms with E-state index in [-0.39, 0.29) is 17.6 Å². The number of ether oxygens (including phenoxy) is 1. The van der Waals surface area contributed by atoms with Crippen LogP contribution in [0, 0.1) is 23.2 Å². The van der Waals surface area contributed by atoms with Crippen LogP contribution in [0.25, 0.3) is 0 Å². The third-order valence-electron chi connectivity index (χ3n) is 6.51. The van der Waals surface area contributed by atoms with Crippen LogP contribution in [-0.2, 0) is 19.6 Å². The molecule has 0 amide bonds. The van der Waals surface area contributed by atoms with Crippen LogP contribution in [0.3, 0.4) is 0 Å². The molecule has 4 aliphatic rings. The van der Waals surface area contributed by atoms with Crippen molar-refractivity contribution in [2.24, 2.45) is 23.2 Å². The number of carbonyl (C=O) groups excluding carboxylic acids is 1. The number of fused-ring (bicyclic) bond motifs is 1. The molecule has 5 nitrogen and oxygen atoms in total. The second-order valence-corrected chi connectivity index (χ2v) is 10.3. The maximum Gasteiger partial charge on any atom is 0.309 e. The van der Waals surface area contributed by atoms with Crippen molar-refractivity contribution >= 4 is 16.0 Å². The van der Waals surface area contributed by atoms with Gasteiger partial charge in [0.15, 0.2) is 0 Å². The first-order valence-corrected chi connectivity index (χ1v) is 10.7. The smallest absolute Gasteiger partial charge is 0.309 e. The van der Waals surface area contributed by atoms with E-state index < -0.39 is 10.0 Å². The summed E-state index contributed by atoms with van der Waals surface area (Å²) in [4.78, 5) is 12.3. The van der Waals surface area contributed by atoms with Gasteiger partial charge in [-0.3, -0.25) is 4.79 Å². The standard InChI is InChI=1S/C18H29NO4S/c1-4-24(21,22)19-9-7-13(8-10-19)17(20)23-12-14-5-6-15-11-16(14)18(15,2)3/h5,13,15-16H,4,6-12H2,1-3H3/t15-,16-/m1/s1. The summed E-state index contributed by atoms with van der Waals surface area (Å²) in [6.45, 7) is 7.54. The summed E-state index contributed by atoms with van der Waals surface area (Å²) in [6, 6.07) is 0. The first-order chi connectivity index (χ1) is 11.3. The minimum absolute atomic E-state index is 0.119. The van der Waals surface area contributed by atoms with Crippen LogP contribution in [0.5, 0.6) is 0 Å². The molecule has 0 aromatic rings. The average Bonchev–Trinajstić information content (AvgIpc) is 2.59. The Labute approximate surface area is 145 Å². The highest BCUT2D eigenvalue weighted by atomic mass is 32.2. The van der Waals surface area contributed by atoms with Gasteiger partial charge in [0, 0.05) is 13.1 Å². The number of piperidine rings is 1. The molecule has 1 heterocycles. The molecule has 136 valence electrons. The Morgan fingerprint density at radius 1 is 1.33 bits per heavy atom. The van der Waals surface area contributed by atoms with E-state index in [1.54, 1.807) is 6.92 Å². The average molecular weight is 356 g/mol. The van der Waals surface area contributed by atoms with Gasteiger partial charge in [-0.2, -0.15) is 0 Å².